The minimum absolute atomic E-state index is 0.0423. The summed E-state index contributed by atoms with van der Waals surface area (Å²) in [5.74, 6) is -2.17. The third-order valence-electron chi connectivity index (χ3n) is 5.23. The number of hydrogen-bond donors (Lipinski definition) is 6. The molecule has 0 bridgehead atoms. The van der Waals surface area contributed by atoms with E-state index in [-0.39, 0.29) is 65.7 Å². The largest absolute Gasteiger partial charge is 0.480 e. The lowest BCUT2D eigenvalue weighted by Gasteiger charge is -2.33. The first-order valence-corrected chi connectivity index (χ1v) is 14.2. The standard InChI is InChI=1S/C17H33N5O13P2/c23-13-34-11-21-5-3-19(9-15(25)18-17(36(28,29)30)37(31,32)33)1-2-20(10-16(26)27)4-6-22(8-7-21)12-35-14-24/h13-14,17H,1-12H2,(H,18,25)(H,26,27)(H2,28,29,30)(H2,31,32,33). The van der Waals surface area contributed by atoms with Gasteiger partial charge in [0.05, 0.1) is 13.1 Å². The number of aliphatic carboxylic acids is 1. The summed E-state index contributed by atoms with van der Waals surface area (Å²) in [6.07, 6.45) is 0. The Bertz CT molecular complexity index is 831. The molecule has 6 N–H and O–H groups in total. The van der Waals surface area contributed by atoms with Crippen molar-refractivity contribution in [2.45, 2.75) is 5.52 Å². The number of carboxylic acids is 1. The summed E-state index contributed by atoms with van der Waals surface area (Å²) in [6.45, 7) is 1.39. The van der Waals surface area contributed by atoms with Gasteiger partial charge in [0.2, 0.25) is 11.4 Å². The average Bonchev–Trinajstić information content (AvgIpc) is 2.78. The van der Waals surface area contributed by atoms with E-state index in [1.54, 1.807) is 20.0 Å². The fourth-order valence-electron chi connectivity index (χ4n) is 3.37. The zero-order chi connectivity index (χ0) is 28.1. The molecule has 1 rings (SSSR count). The molecule has 0 unspecified atom stereocenters. The molecule has 0 aromatic heterocycles. The van der Waals surface area contributed by atoms with Gasteiger partial charge in [0.15, 0.2) is 0 Å². The number of ether oxygens (including phenoxy) is 2. The number of carboxylic acid groups (broad SMARTS) is 1. The minimum Gasteiger partial charge on any atom is -0.480 e. The molecule has 1 aliphatic rings. The van der Waals surface area contributed by atoms with Crippen LogP contribution in [0.5, 0.6) is 0 Å². The Morgan fingerprint density at radius 2 is 1.08 bits per heavy atom. The first-order chi connectivity index (χ1) is 17.3. The number of amides is 1. The van der Waals surface area contributed by atoms with Gasteiger partial charge < -0.3 is 39.5 Å². The summed E-state index contributed by atoms with van der Waals surface area (Å²) in [5.41, 5.74) is -2.71. The van der Waals surface area contributed by atoms with E-state index in [1.165, 1.54) is 4.90 Å². The Morgan fingerprint density at radius 3 is 1.41 bits per heavy atom. The van der Waals surface area contributed by atoms with Gasteiger partial charge in [0.1, 0.15) is 13.5 Å². The van der Waals surface area contributed by atoms with Gasteiger partial charge in [-0.2, -0.15) is 0 Å². The van der Waals surface area contributed by atoms with Gasteiger partial charge in [-0.3, -0.25) is 47.9 Å². The summed E-state index contributed by atoms with van der Waals surface area (Å²) < 4.78 is 32.6. The van der Waals surface area contributed by atoms with E-state index < -0.39 is 39.1 Å². The summed E-state index contributed by atoms with van der Waals surface area (Å²) >= 11 is 0. The summed E-state index contributed by atoms with van der Waals surface area (Å²) in [6, 6.07) is 0. The van der Waals surface area contributed by atoms with Crippen LogP contribution in [-0.2, 0) is 37.8 Å². The second-order valence-corrected chi connectivity index (χ2v) is 11.9. The van der Waals surface area contributed by atoms with Crippen molar-refractivity contribution in [1.29, 1.82) is 0 Å². The quantitative estimate of drug-likeness (QED) is 0.0910. The zero-order valence-corrected chi connectivity index (χ0v) is 21.7. The summed E-state index contributed by atoms with van der Waals surface area (Å²) in [7, 11) is -10.8. The number of carbonyl (C=O) groups excluding carboxylic acids is 3. The van der Waals surface area contributed by atoms with Crippen LogP contribution < -0.4 is 5.32 Å². The molecule has 0 radical (unpaired) electrons. The van der Waals surface area contributed by atoms with E-state index in [0.717, 1.165) is 0 Å². The van der Waals surface area contributed by atoms with Gasteiger partial charge in [0.25, 0.3) is 12.9 Å². The van der Waals surface area contributed by atoms with Crippen LogP contribution in [0.25, 0.3) is 0 Å². The third-order valence-corrected chi connectivity index (χ3v) is 8.57. The van der Waals surface area contributed by atoms with Gasteiger partial charge in [0, 0.05) is 52.4 Å². The van der Waals surface area contributed by atoms with Gasteiger partial charge >= 0.3 is 21.2 Å². The van der Waals surface area contributed by atoms with Crippen LogP contribution >= 0.6 is 15.2 Å². The molecule has 214 valence electrons. The van der Waals surface area contributed by atoms with Crippen molar-refractivity contribution < 1.29 is 62.5 Å². The lowest BCUT2D eigenvalue weighted by Crippen LogP contribution is -2.49. The summed E-state index contributed by atoms with van der Waals surface area (Å²) in [4.78, 5) is 88.5. The molecule has 37 heavy (non-hydrogen) atoms. The molecule has 1 amide bonds. The number of carbonyl (C=O) groups is 4. The molecular formula is C17H33N5O13P2. The molecule has 1 saturated heterocycles. The maximum Gasteiger partial charge on any atom is 0.360 e. The van der Waals surface area contributed by atoms with Crippen molar-refractivity contribution in [3.63, 3.8) is 0 Å². The maximum atomic E-state index is 12.5. The number of nitrogens with zero attached hydrogens (tertiary/aromatic N) is 4. The molecule has 0 atom stereocenters. The number of rotatable bonds is 13. The van der Waals surface area contributed by atoms with Gasteiger partial charge in [-0.15, -0.1) is 0 Å². The minimum atomic E-state index is -5.39. The Labute approximate surface area is 212 Å². The molecule has 0 aliphatic carbocycles. The van der Waals surface area contributed by atoms with E-state index in [2.05, 4.69) is 0 Å². The van der Waals surface area contributed by atoms with E-state index in [0.29, 0.717) is 19.6 Å². The van der Waals surface area contributed by atoms with Crippen molar-refractivity contribution in [3.8, 4) is 0 Å². The Hall–Kier alpha value is -1.98. The monoisotopic (exact) mass is 577 g/mol. The van der Waals surface area contributed by atoms with E-state index in [1.807, 2.05) is 0 Å². The second kappa shape index (κ2) is 16.1. The third kappa shape index (κ3) is 13.9. The normalized spacial score (nSPS) is 18.4. The molecule has 1 heterocycles. The van der Waals surface area contributed by atoms with Crippen molar-refractivity contribution in [1.82, 2.24) is 24.9 Å². The first kappa shape index (κ1) is 33.0. The Balaban J connectivity index is 3.04. The second-order valence-electron chi connectivity index (χ2n) is 8.09. The van der Waals surface area contributed by atoms with Crippen molar-refractivity contribution in [3.05, 3.63) is 0 Å². The fraction of sp³-hybridized carbons (Fsp3) is 0.765. The predicted octanol–water partition coefficient (Wildman–Crippen LogP) is -3.69. The van der Waals surface area contributed by atoms with Gasteiger partial charge in [-0.05, 0) is 0 Å². The van der Waals surface area contributed by atoms with Crippen LogP contribution in [0.1, 0.15) is 0 Å². The smallest absolute Gasteiger partial charge is 0.360 e. The highest BCUT2D eigenvalue weighted by molar-refractivity contribution is 7.70. The van der Waals surface area contributed by atoms with Crippen LogP contribution in [-0.4, -0.2) is 154 Å². The highest BCUT2D eigenvalue weighted by atomic mass is 31.2. The molecular weight excluding hydrogens is 544 g/mol. The highest BCUT2D eigenvalue weighted by Gasteiger charge is 2.44. The van der Waals surface area contributed by atoms with Crippen LogP contribution in [0.3, 0.4) is 0 Å². The van der Waals surface area contributed by atoms with Crippen molar-refractivity contribution >= 4 is 40.0 Å². The van der Waals surface area contributed by atoms with Crippen LogP contribution in [0, 0.1) is 0 Å². The van der Waals surface area contributed by atoms with Crippen LogP contribution in [0.4, 0.5) is 0 Å². The van der Waals surface area contributed by atoms with Gasteiger partial charge in [-0.1, -0.05) is 0 Å². The molecule has 1 aliphatic heterocycles. The van der Waals surface area contributed by atoms with E-state index in [9.17, 15) is 53.0 Å². The Morgan fingerprint density at radius 1 is 0.730 bits per heavy atom. The molecule has 20 heteroatoms. The Kier molecular flexibility index (Phi) is 14.4. The molecule has 18 nitrogen and oxygen atoms in total. The highest BCUT2D eigenvalue weighted by Crippen LogP contribution is 2.58. The summed E-state index contributed by atoms with van der Waals surface area (Å²) in [5, 5.41) is 10.9. The van der Waals surface area contributed by atoms with Crippen molar-refractivity contribution in [2.24, 2.45) is 0 Å². The molecule has 0 spiro atoms. The van der Waals surface area contributed by atoms with Crippen molar-refractivity contribution in [2.75, 3.05) is 78.9 Å². The number of nitrogens with one attached hydrogen (secondary N) is 1. The average molecular weight is 577 g/mol. The molecule has 0 aromatic rings. The van der Waals surface area contributed by atoms with E-state index >= 15 is 0 Å². The van der Waals surface area contributed by atoms with Crippen LogP contribution in [0.2, 0.25) is 0 Å². The zero-order valence-electron chi connectivity index (χ0n) is 19.9. The lowest BCUT2D eigenvalue weighted by molar-refractivity contribution is -0.139. The number of hydrogen-bond acceptors (Lipinski definition) is 12. The fourth-order valence-corrected chi connectivity index (χ4v) is 5.56. The SMILES string of the molecule is O=COCN1CCN(COC=O)CCN(CC(=O)NC(P(=O)(O)O)P(=O)(O)O)CCN(CC(=O)O)CC1. The van der Waals surface area contributed by atoms with E-state index in [4.69, 9.17) is 9.47 Å². The predicted molar refractivity (Wildman–Crippen MR) is 124 cm³/mol. The van der Waals surface area contributed by atoms with Crippen LogP contribution in [0.15, 0.2) is 0 Å². The topological polar surface area (TPSA) is 247 Å². The molecule has 0 saturated carbocycles. The molecule has 1 fully saturated rings. The first-order valence-electron chi connectivity index (χ1n) is 10.9. The molecule has 0 aromatic carbocycles. The van der Waals surface area contributed by atoms with Gasteiger partial charge in [-0.25, -0.2) is 0 Å². The lowest BCUT2D eigenvalue weighted by atomic mass is 10.3. The maximum absolute atomic E-state index is 12.5.